The lowest BCUT2D eigenvalue weighted by Gasteiger charge is -2.02. The molecular weight excluding hydrogens is 376 g/mol. The lowest BCUT2D eigenvalue weighted by Crippen LogP contribution is -1.82. The minimum Gasteiger partial charge on any atom is -0.494 e. The van der Waals surface area contributed by atoms with Gasteiger partial charge in [0.1, 0.15) is 11.4 Å². The number of isocyanates is 4. The lowest BCUT2D eigenvalue weighted by atomic mass is 10.2. The molecule has 0 aliphatic rings. The average molecular weight is 385 g/mol. The van der Waals surface area contributed by atoms with Crippen LogP contribution in [0.2, 0.25) is 5.02 Å². The van der Waals surface area contributed by atoms with E-state index in [2.05, 4.69) is 20.0 Å². The quantitative estimate of drug-likeness (QED) is 0.570. The maximum Gasteiger partial charge on any atom is 0.240 e. The van der Waals surface area contributed by atoms with E-state index in [4.69, 9.17) is 16.3 Å². The summed E-state index contributed by atoms with van der Waals surface area (Å²) in [7, 11) is 1.45. The van der Waals surface area contributed by atoms with Crippen LogP contribution in [0.5, 0.6) is 5.75 Å². The van der Waals surface area contributed by atoms with Crippen molar-refractivity contribution in [3.63, 3.8) is 0 Å². The monoisotopic (exact) mass is 384 g/mol. The molecular formula is C17H9ClN4O5. The molecule has 0 fully saturated rings. The van der Waals surface area contributed by atoms with Crippen molar-refractivity contribution in [2.24, 2.45) is 20.0 Å². The van der Waals surface area contributed by atoms with Crippen LogP contribution >= 0.6 is 11.6 Å². The Morgan fingerprint density at radius 3 is 1.74 bits per heavy atom. The Morgan fingerprint density at radius 1 is 0.741 bits per heavy atom. The maximum atomic E-state index is 10.1. The Balaban J connectivity index is 0.000000271. The van der Waals surface area contributed by atoms with E-state index in [-0.39, 0.29) is 11.4 Å². The zero-order valence-corrected chi connectivity index (χ0v) is 14.4. The number of halogens is 1. The van der Waals surface area contributed by atoms with E-state index in [0.717, 1.165) is 0 Å². The number of hydrogen-bond acceptors (Lipinski definition) is 9. The van der Waals surface area contributed by atoms with Crippen molar-refractivity contribution in [2.75, 3.05) is 7.11 Å². The highest BCUT2D eigenvalue weighted by atomic mass is 35.5. The molecule has 134 valence electrons. The molecule has 0 heterocycles. The fourth-order valence-electron chi connectivity index (χ4n) is 1.70. The largest absolute Gasteiger partial charge is 0.494 e. The van der Waals surface area contributed by atoms with Crippen molar-refractivity contribution < 1.29 is 23.9 Å². The first-order valence-corrected chi connectivity index (χ1v) is 7.26. The molecule has 0 aliphatic heterocycles. The lowest BCUT2D eigenvalue weighted by molar-refractivity contribution is 0.416. The highest BCUT2D eigenvalue weighted by molar-refractivity contribution is 6.33. The summed E-state index contributed by atoms with van der Waals surface area (Å²) >= 11 is 5.66. The van der Waals surface area contributed by atoms with E-state index >= 15 is 0 Å². The van der Waals surface area contributed by atoms with Crippen molar-refractivity contribution >= 4 is 58.7 Å². The summed E-state index contributed by atoms with van der Waals surface area (Å²) in [5, 5.41) is 0.299. The Kier molecular flexibility index (Phi) is 9.04. The van der Waals surface area contributed by atoms with Gasteiger partial charge in [0.05, 0.1) is 29.2 Å². The Hall–Kier alpha value is -3.95. The minimum absolute atomic E-state index is 0.230. The summed E-state index contributed by atoms with van der Waals surface area (Å²) < 4.78 is 4.92. The van der Waals surface area contributed by atoms with Crippen molar-refractivity contribution in [3.8, 4) is 5.75 Å². The van der Waals surface area contributed by atoms with Gasteiger partial charge < -0.3 is 4.74 Å². The Bertz CT molecular complexity index is 1010. The molecule has 0 saturated carbocycles. The van der Waals surface area contributed by atoms with Crippen LogP contribution in [0.25, 0.3) is 0 Å². The summed E-state index contributed by atoms with van der Waals surface area (Å²) in [5.41, 5.74) is 1.20. The van der Waals surface area contributed by atoms with Gasteiger partial charge in [0, 0.05) is 0 Å². The molecule has 2 rings (SSSR count). The van der Waals surface area contributed by atoms with Crippen LogP contribution in [0.4, 0.5) is 22.7 Å². The number of nitrogens with zero attached hydrogens (tertiary/aromatic N) is 4. The predicted octanol–water partition coefficient (Wildman–Crippen LogP) is 3.90. The average Bonchev–Trinajstić information content (AvgIpc) is 2.66. The molecule has 10 heteroatoms. The summed E-state index contributed by atoms with van der Waals surface area (Å²) in [4.78, 5) is 53.3. The maximum absolute atomic E-state index is 10.1. The normalized spacial score (nSPS) is 8.37. The molecule has 27 heavy (non-hydrogen) atoms. The molecule has 0 atom stereocenters. The third-order valence-corrected chi connectivity index (χ3v) is 3.09. The molecule has 0 bridgehead atoms. The highest BCUT2D eigenvalue weighted by Gasteiger charge is 2.02. The second-order valence-electron chi connectivity index (χ2n) is 4.30. The molecule has 0 unspecified atom stereocenters. The Labute approximate surface area is 157 Å². The predicted molar refractivity (Wildman–Crippen MR) is 95.6 cm³/mol. The molecule has 0 aromatic heterocycles. The van der Waals surface area contributed by atoms with E-state index in [9.17, 15) is 19.2 Å². The third-order valence-electron chi connectivity index (χ3n) is 2.77. The van der Waals surface area contributed by atoms with Crippen molar-refractivity contribution in [1.82, 2.24) is 0 Å². The number of ether oxygens (including phenoxy) is 1. The van der Waals surface area contributed by atoms with Gasteiger partial charge in [-0.15, -0.1) is 0 Å². The van der Waals surface area contributed by atoms with Crippen LogP contribution < -0.4 is 4.74 Å². The molecule has 0 spiro atoms. The van der Waals surface area contributed by atoms with E-state index < -0.39 is 0 Å². The van der Waals surface area contributed by atoms with E-state index in [1.54, 1.807) is 12.1 Å². The molecule has 2 aromatic carbocycles. The number of rotatable bonds is 5. The van der Waals surface area contributed by atoms with Crippen LogP contribution in [0.15, 0.2) is 56.4 Å². The molecule has 2 aromatic rings. The van der Waals surface area contributed by atoms with Crippen LogP contribution in [0.3, 0.4) is 0 Å². The number of methoxy groups -OCH3 is 1. The minimum atomic E-state index is 0.230. The standard InChI is InChI=1S/C9H6N2O3.C8H3ClN2O2/c1-14-9-3-2-7(10-5-12)4-8(9)11-6-13;9-7-2-1-6(10-4-12)3-8(7)11-5-13/h2-4H,1H3;1-3H. The van der Waals surface area contributed by atoms with Gasteiger partial charge in [-0.05, 0) is 36.4 Å². The fraction of sp³-hybridized carbons (Fsp3) is 0.0588. The second kappa shape index (κ2) is 11.6. The zero-order chi connectivity index (χ0) is 20.1. The topological polar surface area (TPSA) is 127 Å². The molecule has 9 nitrogen and oxygen atoms in total. The molecule has 0 aliphatic carbocycles. The van der Waals surface area contributed by atoms with Gasteiger partial charge >= 0.3 is 0 Å². The Morgan fingerprint density at radius 2 is 1.22 bits per heavy atom. The van der Waals surface area contributed by atoms with Gasteiger partial charge in [-0.3, -0.25) is 0 Å². The number of hydrogen-bond donors (Lipinski definition) is 0. The van der Waals surface area contributed by atoms with Gasteiger partial charge in [0.25, 0.3) is 0 Å². The second-order valence-corrected chi connectivity index (χ2v) is 4.71. The van der Waals surface area contributed by atoms with Gasteiger partial charge in [0.2, 0.25) is 24.3 Å². The molecule has 0 amide bonds. The number of benzene rings is 2. The van der Waals surface area contributed by atoms with Crippen LogP contribution in [-0.4, -0.2) is 31.4 Å². The van der Waals surface area contributed by atoms with Gasteiger partial charge in [-0.25, -0.2) is 19.2 Å². The zero-order valence-electron chi connectivity index (χ0n) is 13.7. The van der Waals surface area contributed by atoms with Gasteiger partial charge in [-0.1, -0.05) is 11.6 Å². The smallest absolute Gasteiger partial charge is 0.240 e. The van der Waals surface area contributed by atoms with E-state index in [1.807, 2.05) is 0 Å². The third kappa shape index (κ3) is 6.82. The number of carbonyl (C=O) groups excluding carboxylic acids is 4. The molecule has 0 saturated heterocycles. The van der Waals surface area contributed by atoms with Crippen molar-refractivity contribution in [3.05, 3.63) is 41.4 Å². The fourth-order valence-corrected chi connectivity index (χ4v) is 1.86. The molecule has 0 N–H and O–H groups in total. The SMILES string of the molecule is COc1ccc(N=C=O)cc1N=C=O.O=C=Nc1ccc(Cl)c(N=C=O)c1. The van der Waals surface area contributed by atoms with Crippen molar-refractivity contribution in [2.45, 2.75) is 0 Å². The summed E-state index contributed by atoms with van der Waals surface area (Å²) in [6.45, 7) is 0. The van der Waals surface area contributed by atoms with Gasteiger partial charge in [-0.2, -0.15) is 20.0 Å². The first-order chi connectivity index (χ1) is 13.1. The van der Waals surface area contributed by atoms with E-state index in [0.29, 0.717) is 22.1 Å². The molecule has 0 radical (unpaired) electrons. The van der Waals surface area contributed by atoms with E-state index in [1.165, 1.54) is 55.7 Å². The van der Waals surface area contributed by atoms with Crippen LogP contribution in [0.1, 0.15) is 0 Å². The number of aliphatic imine (C=N–C) groups is 4. The summed E-state index contributed by atoms with van der Waals surface area (Å²) in [5.74, 6) is 0.415. The van der Waals surface area contributed by atoms with Crippen LogP contribution in [-0.2, 0) is 19.2 Å². The highest BCUT2D eigenvalue weighted by Crippen LogP contribution is 2.31. The van der Waals surface area contributed by atoms with Gasteiger partial charge in [0.15, 0.2) is 0 Å². The summed E-state index contributed by atoms with van der Waals surface area (Å²) in [6, 6.07) is 8.90. The first kappa shape index (κ1) is 21.1. The van der Waals surface area contributed by atoms with Crippen LogP contribution in [0, 0.1) is 0 Å². The van der Waals surface area contributed by atoms with Crippen molar-refractivity contribution in [1.29, 1.82) is 0 Å². The summed E-state index contributed by atoms with van der Waals surface area (Å²) in [6.07, 6.45) is 5.48. The first-order valence-electron chi connectivity index (χ1n) is 6.88.